The highest BCUT2D eigenvalue weighted by Gasteiger charge is 2.14. The Kier molecular flexibility index (Phi) is 4.89. The largest absolute Gasteiger partial charge is 0.461 e. The summed E-state index contributed by atoms with van der Waals surface area (Å²) < 4.78 is 4.88. The van der Waals surface area contributed by atoms with E-state index in [1.54, 1.807) is 24.3 Å². The number of benzene rings is 2. The highest BCUT2D eigenvalue weighted by molar-refractivity contribution is 5.71. The molecule has 0 unspecified atom stereocenters. The number of hydrogen-bond donors (Lipinski definition) is 1. The average molecular weight is 311 g/mol. The van der Waals surface area contributed by atoms with Crippen LogP contribution in [0.5, 0.6) is 0 Å². The van der Waals surface area contributed by atoms with Crippen molar-refractivity contribution in [2.45, 2.75) is 13.5 Å². The lowest BCUT2D eigenvalue weighted by Crippen LogP contribution is -2.00. The van der Waals surface area contributed by atoms with Crippen molar-refractivity contribution in [1.82, 2.24) is 0 Å². The third-order valence-electron chi connectivity index (χ3n) is 3.00. The lowest BCUT2D eigenvalue weighted by atomic mass is 10.1. The van der Waals surface area contributed by atoms with Gasteiger partial charge in [0.1, 0.15) is 12.3 Å². The van der Waals surface area contributed by atoms with Crippen LogP contribution in [0.25, 0.3) is 0 Å². The van der Waals surface area contributed by atoms with E-state index in [9.17, 15) is 14.9 Å². The molecule has 0 amide bonds. The standard InChI is InChI=1S/C16H13N3O4/c1-11(20)23-10-12-2-5-14(6-3-12)18-15-8-13(9-17)4-7-16(15)19(21)22/h2-8,18H,10H2,1H3. The number of carbonyl (C=O) groups excluding carboxylic acids is 1. The monoisotopic (exact) mass is 311 g/mol. The van der Waals surface area contributed by atoms with Crippen LogP contribution in [0, 0.1) is 21.4 Å². The summed E-state index contributed by atoms with van der Waals surface area (Å²) in [6.07, 6.45) is 0. The number of ether oxygens (including phenoxy) is 1. The fourth-order valence-electron chi connectivity index (χ4n) is 1.89. The quantitative estimate of drug-likeness (QED) is 0.516. The Morgan fingerprint density at radius 3 is 2.57 bits per heavy atom. The second-order valence-corrected chi connectivity index (χ2v) is 4.70. The molecule has 0 bridgehead atoms. The summed E-state index contributed by atoms with van der Waals surface area (Å²) in [6, 6.07) is 13.0. The Labute approximate surface area is 132 Å². The number of esters is 1. The summed E-state index contributed by atoms with van der Waals surface area (Å²) in [7, 11) is 0. The molecule has 116 valence electrons. The van der Waals surface area contributed by atoms with Gasteiger partial charge < -0.3 is 10.1 Å². The van der Waals surface area contributed by atoms with E-state index in [-0.39, 0.29) is 24.0 Å². The Hall–Kier alpha value is -3.40. The number of nitrogens with one attached hydrogen (secondary N) is 1. The number of nitro groups is 1. The maximum atomic E-state index is 11.0. The van der Waals surface area contributed by atoms with Gasteiger partial charge in [0, 0.05) is 18.7 Å². The Bertz CT molecular complexity index is 779. The number of hydrogen-bond acceptors (Lipinski definition) is 6. The van der Waals surface area contributed by atoms with Crippen LogP contribution in [0.1, 0.15) is 18.1 Å². The Morgan fingerprint density at radius 2 is 2.00 bits per heavy atom. The minimum Gasteiger partial charge on any atom is -0.461 e. The van der Waals surface area contributed by atoms with Gasteiger partial charge >= 0.3 is 5.97 Å². The van der Waals surface area contributed by atoms with Crippen LogP contribution < -0.4 is 5.32 Å². The topological polar surface area (TPSA) is 105 Å². The first-order chi connectivity index (χ1) is 11.0. The molecule has 2 rings (SSSR count). The SMILES string of the molecule is CC(=O)OCc1ccc(Nc2cc(C#N)ccc2[N+](=O)[O-])cc1. The number of nitro benzene ring substituents is 1. The van der Waals surface area contributed by atoms with Crippen LogP contribution in [0.2, 0.25) is 0 Å². The van der Waals surface area contributed by atoms with Crippen LogP contribution >= 0.6 is 0 Å². The van der Waals surface area contributed by atoms with Gasteiger partial charge in [0.2, 0.25) is 0 Å². The summed E-state index contributed by atoms with van der Waals surface area (Å²) in [5.74, 6) is -0.365. The zero-order valence-corrected chi connectivity index (χ0v) is 12.3. The van der Waals surface area contributed by atoms with Gasteiger partial charge in [-0.25, -0.2) is 0 Å². The molecule has 2 aromatic rings. The first-order valence-corrected chi connectivity index (χ1v) is 6.67. The number of nitrogens with zero attached hydrogens (tertiary/aromatic N) is 2. The minimum atomic E-state index is -0.515. The van der Waals surface area contributed by atoms with E-state index in [0.29, 0.717) is 11.3 Å². The molecule has 7 nitrogen and oxygen atoms in total. The first-order valence-electron chi connectivity index (χ1n) is 6.67. The number of nitriles is 1. The van der Waals surface area contributed by atoms with Crippen molar-refractivity contribution in [2.75, 3.05) is 5.32 Å². The number of rotatable bonds is 5. The minimum absolute atomic E-state index is 0.118. The van der Waals surface area contributed by atoms with E-state index in [0.717, 1.165) is 5.56 Å². The van der Waals surface area contributed by atoms with Gasteiger partial charge in [0.05, 0.1) is 16.6 Å². The van der Waals surface area contributed by atoms with E-state index >= 15 is 0 Å². The third kappa shape index (κ3) is 4.28. The molecule has 23 heavy (non-hydrogen) atoms. The predicted molar refractivity (Wildman–Crippen MR) is 83.0 cm³/mol. The van der Waals surface area contributed by atoms with Gasteiger partial charge in [-0.2, -0.15) is 5.26 Å². The van der Waals surface area contributed by atoms with E-state index in [4.69, 9.17) is 10.00 Å². The van der Waals surface area contributed by atoms with Crippen molar-refractivity contribution in [1.29, 1.82) is 5.26 Å². The van der Waals surface area contributed by atoms with Gasteiger partial charge in [-0.1, -0.05) is 12.1 Å². The molecule has 0 aliphatic carbocycles. The van der Waals surface area contributed by atoms with E-state index in [2.05, 4.69) is 5.32 Å². The van der Waals surface area contributed by atoms with Crippen LogP contribution in [-0.4, -0.2) is 10.9 Å². The Balaban J connectivity index is 2.20. The van der Waals surface area contributed by atoms with Crippen LogP contribution in [0.3, 0.4) is 0 Å². The van der Waals surface area contributed by atoms with Crippen LogP contribution in [0.15, 0.2) is 42.5 Å². The van der Waals surface area contributed by atoms with Crippen molar-refractivity contribution in [3.05, 3.63) is 63.7 Å². The summed E-state index contributed by atoms with van der Waals surface area (Å²) in [5, 5.41) is 22.9. The molecule has 0 aromatic heterocycles. The zero-order chi connectivity index (χ0) is 16.8. The summed E-state index contributed by atoms with van der Waals surface area (Å²) in [4.78, 5) is 21.3. The fraction of sp³-hybridized carbons (Fsp3) is 0.125. The Morgan fingerprint density at radius 1 is 1.30 bits per heavy atom. The van der Waals surface area contributed by atoms with Crippen LogP contribution in [0.4, 0.5) is 17.1 Å². The highest BCUT2D eigenvalue weighted by atomic mass is 16.6. The molecule has 0 fully saturated rings. The molecule has 7 heteroatoms. The highest BCUT2D eigenvalue weighted by Crippen LogP contribution is 2.28. The summed E-state index contributed by atoms with van der Waals surface area (Å²) in [6.45, 7) is 1.50. The van der Waals surface area contributed by atoms with Crippen molar-refractivity contribution in [2.24, 2.45) is 0 Å². The van der Waals surface area contributed by atoms with E-state index in [1.165, 1.54) is 25.1 Å². The normalized spacial score (nSPS) is 9.74. The molecule has 0 atom stereocenters. The average Bonchev–Trinajstić information content (AvgIpc) is 2.53. The van der Waals surface area contributed by atoms with Crippen molar-refractivity contribution in [3.63, 3.8) is 0 Å². The summed E-state index contributed by atoms with van der Waals surface area (Å²) in [5.41, 5.74) is 1.86. The van der Waals surface area contributed by atoms with Crippen molar-refractivity contribution >= 4 is 23.0 Å². The molecule has 0 aliphatic rings. The fourth-order valence-corrected chi connectivity index (χ4v) is 1.89. The zero-order valence-electron chi connectivity index (χ0n) is 12.3. The second kappa shape index (κ2) is 7.04. The van der Waals surface area contributed by atoms with Gasteiger partial charge in [-0.15, -0.1) is 0 Å². The lowest BCUT2D eigenvalue weighted by Gasteiger charge is -2.08. The summed E-state index contributed by atoms with van der Waals surface area (Å²) >= 11 is 0. The predicted octanol–water partition coefficient (Wildman–Crippen LogP) is 3.27. The van der Waals surface area contributed by atoms with E-state index in [1.807, 2.05) is 6.07 Å². The third-order valence-corrected chi connectivity index (χ3v) is 3.00. The van der Waals surface area contributed by atoms with E-state index < -0.39 is 4.92 Å². The van der Waals surface area contributed by atoms with Crippen molar-refractivity contribution in [3.8, 4) is 6.07 Å². The molecule has 0 saturated carbocycles. The van der Waals surface area contributed by atoms with Gasteiger partial charge in [0.15, 0.2) is 0 Å². The molecule has 0 saturated heterocycles. The molecule has 2 aromatic carbocycles. The molecule has 0 radical (unpaired) electrons. The molecule has 1 N–H and O–H groups in total. The van der Waals surface area contributed by atoms with Gasteiger partial charge in [0.25, 0.3) is 5.69 Å². The molecule has 0 spiro atoms. The maximum absolute atomic E-state index is 11.0. The molecule has 0 heterocycles. The number of anilines is 2. The van der Waals surface area contributed by atoms with Crippen LogP contribution in [-0.2, 0) is 16.1 Å². The molecule has 0 aliphatic heterocycles. The number of carbonyl (C=O) groups is 1. The van der Waals surface area contributed by atoms with Gasteiger partial charge in [-0.3, -0.25) is 14.9 Å². The lowest BCUT2D eigenvalue weighted by molar-refractivity contribution is -0.383. The molecular formula is C16H13N3O4. The second-order valence-electron chi connectivity index (χ2n) is 4.70. The van der Waals surface area contributed by atoms with Gasteiger partial charge in [-0.05, 0) is 29.8 Å². The first kappa shape index (κ1) is 16.0. The van der Waals surface area contributed by atoms with Crippen molar-refractivity contribution < 1.29 is 14.5 Å². The molecular weight excluding hydrogens is 298 g/mol. The smallest absolute Gasteiger partial charge is 0.302 e. The maximum Gasteiger partial charge on any atom is 0.302 e.